The quantitative estimate of drug-likeness (QED) is 0.825. The van der Waals surface area contributed by atoms with E-state index in [4.69, 9.17) is 0 Å². The van der Waals surface area contributed by atoms with Crippen LogP contribution in [0.3, 0.4) is 0 Å². The number of likely N-dealkylation sites (tertiary alicyclic amines) is 1. The lowest BCUT2D eigenvalue weighted by Crippen LogP contribution is -2.51. The summed E-state index contributed by atoms with van der Waals surface area (Å²) in [4.78, 5) is 38.3. The van der Waals surface area contributed by atoms with Crippen molar-refractivity contribution >= 4 is 17.8 Å². The van der Waals surface area contributed by atoms with Crippen molar-refractivity contribution < 1.29 is 19.5 Å². The van der Waals surface area contributed by atoms with Crippen molar-refractivity contribution in [2.45, 2.75) is 33.2 Å². The second kappa shape index (κ2) is 8.14. The Hall–Kier alpha value is -2.37. The molecule has 0 radical (unpaired) electrons. The monoisotopic (exact) mass is 346 g/mol. The van der Waals surface area contributed by atoms with Crippen LogP contribution in [0.15, 0.2) is 30.3 Å². The number of carbonyl (C=O) groups is 3. The Labute approximate surface area is 148 Å². The zero-order chi connectivity index (χ0) is 18.6. The molecule has 6 heteroatoms. The molecule has 2 rings (SSSR count). The van der Waals surface area contributed by atoms with Gasteiger partial charge in [-0.25, -0.2) is 0 Å². The molecule has 136 valence electrons. The van der Waals surface area contributed by atoms with Crippen LogP contribution in [0.25, 0.3) is 0 Å². The number of carbonyl (C=O) groups excluding carboxylic acids is 2. The number of rotatable bonds is 6. The first-order valence-electron chi connectivity index (χ1n) is 8.72. The highest BCUT2D eigenvalue weighted by molar-refractivity contribution is 5.97. The number of carboxylic acid groups (broad SMARTS) is 1. The minimum Gasteiger partial charge on any atom is -0.481 e. The largest absolute Gasteiger partial charge is 0.481 e. The van der Waals surface area contributed by atoms with Crippen molar-refractivity contribution in [3.63, 3.8) is 0 Å². The zero-order valence-corrected chi connectivity index (χ0v) is 14.9. The van der Waals surface area contributed by atoms with Gasteiger partial charge in [-0.05, 0) is 24.0 Å². The topological polar surface area (TPSA) is 86.7 Å². The van der Waals surface area contributed by atoms with Crippen LogP contribution in [-0.4, -0.2) is 46.9 Å². The third kappa shape index (κ3) is 4.38. The number of aliphatic carboxylic acids is 1. The van der Waals surface area contributed by atoms with E-state index >= 15 is 0 Å². The molecular formula is C19H26N2O4. The molecule has 6 nitrogen and oxygen atoms in total. The normalized spacial score (nSPS) is 22.3. The van der Waals surface area contributed by atoms with E-state index in [9.17, 15) is 19.5 Å². The summed E-state index contributed by atoms with van der Waals surface area (Å²) < 4.78 is 0. The number of carboxylic acids is 1. The second-order valence-electron chi connectivity index (χ2n) is 6.87. The zero-order valence-electron chi connectivity index (χ0n) is 14.9. The summed E-state index contributed by atoms with van der Waals surface area (Å²) in [5.41, 5.74) is 0.502. The van der Waals surface area contributed by atoms with Crippen molar-refractivity contribution in [1.82, 2.24) is 10.2 Å². The van der Waals surface area contributed by atoms with E-state index < -0.39 is 17.9 Å². The van der Waals surface area contributed by atoms with Crippen LogP contribution < -0.4 is 5.32 Å². The maximum Gasteiger partial charge on any atom is 0.308 e. The smallest absolute Gasteiger partial charge is 0.308 e. The van der Waals surface area contributed by atoms with Gasteiger partial charge in [-0.3, -0.25) is 14.4 Å². The number of hydrogen-bond donors (Lipinski definition) is 2. The van der Waals surface area contributed by atoms with Gasteiger partial charge in [0.15, 0.2) is 0 Å². The molecule has 2 unspecified atom stereocenters. The number of hydrogen-bond acceptors (Lipinski definition) is 3. The van der Waals surface area contributed by atoms with Crippen molar-refractivity contribution in [3.05, 3.63) is 35.9 Å². The molecule has 2 amide bonds. The minimum absolute atomic E-state index is 0.0423. The summed E-state index contributed by atoms with van der Waals surface area (Å²) in [7, 11) is 0. The Balaban J connectivity index is 2.13. The van der Waals surface area contributed by atoms with Gasteiger partial charge in [-0.15, -0.1) is 0 Å². The fourth-order valence-corrected chi connectivity index (χ4v) is 3.16. The fourth-order valence-electron chi connectivity index (χ4n) is 3.16. The Morgan fingerprint density at radius 3 is 2.40 bits per heavy atom. The third-order valence-corrected chi connectivity index (χ3v) is 5.04. The number of benzene rings is 1. The highest BCUT2D eigenvalue weighted by Gasteiger charge is 2.40. The maximum atomic E-state index is 12.9. The molecule has 4 atom stereocenters. The van der Waals surface area contributed by atoms with Crippen LogP contribution in [0, 0.1) is 17.8 Å². The number of nitrogens with zero attached hydrogens (tertiary/aromatic N) is 1. The third-order valence-electron chi connectivity index (χ3n) is 5.04. The molecule has 0 saturated carbocycles. The van der Waals surface area contributed by atoms with Crippen LogP contribution in [0.4, 0.5) is 0 Å². The molecular weight excluding hydrogens is 320 g/mol. The van der Waals surface area contributed by atoms with E-state index in [1.807, 2.05) is 26.8 Å². The van der Waals surface area contributed by atoms with Gasteiger partial charge in [0.05, 0.1) is 5.92 Å². The van der Waals surface area contributed by atoms with Crippen molar-refractivity contribution in [1.29, 1.82) is 0 Å². The predicted octanol–water partition coefficient (Wildman–Crippen LogP) is 2.01. The van der Waals surface area contributed by atoms with Gasteiger partial charge in [0.25, 0.3) is 5.91 Å². The molecule has 1 aliphatic heterocycles. The average Bonchev–Trinajstić information content (AvgIpc) is 3.01. The van der Waals surface area contributed by atoms with Gasteiger partial charge < -0.3 is 15.3 Å². The van der Waals surface area contributed by atoms with E-state index in [0.717, 1.165) is 6.42 Å². The SMILES string of the molecule is CCC(C)C(NC(=O)c1ccccc1)C(=O)N1C[C@@H](C)[C@H](C(=O)O)C1. The first-order chi connectivity index (χ1) is 11.8. The second-order valence-corrected chi connectivity index (χ2v) is 6.87. The van der Waals surface area contributed by atoms with Crippen LogP contribution >= 0.6 is 0 Å². The lowest BCUT2D eigenvalue weighted by molar-refractivity contribution is -0.142. The molecule has 1 aromatic rings. The summed E-state index contributed by atoms with van der Waals surface area (Å²) in [5.74, 6) is -2.05. The van der Waals surface area contributed by atoms with E-state index in [-0.39, 0.29) is 30.2 Å². The lowest BCUT2D eigenvalue weighted by Gasteiger charge is -2.28. The molecule has 1 aromatic carbocycles. The van der Waals surface area contributed by atoms with Gasteiger partial charge in [0.2, 0.25) is 5.91 Å². The number of amides is 2. The first-order valence-corrected chi connectivity index (χ1v) is 8.72. The summed E-state index contributed by atoms with van der Waals surface area (Å²) >= 11 is 0. The first kappa shape index (κ1) is 19.0. The van der Waals surface area contributed by atoms with Gasteiger partial charge in [0.1, 0.15) is 6.04 Å². The standard InChI is InChI=1S/C19H26N2O4/c1-4-12(2)16(20-17(22)14-8-6-5-7-9-14)18(23)21-10-13(3)15(11-21)19(24)25/h5-9,12-13,15-16H,4,10-11H2,1-3H3,(H,20,22)(H,24,25)/t12?,13-,15-,16?/m1/s1. The van der Waals surface area contributed by atoms with Crippen LogP contribution in [-0.2, 0) is 9.59 Å². The molecule has 0 spiro atoms. The highest BCUT2D eigenvalue weighted by Crippen LogP contribution is 2.25. The molecule has 0 aliphatic carbocycles. The number of nitrogens with one attached hydrogen (secondary N) is 1. The van der Waals surface area contributed by atoms with Crippen LogP contribution in [0.2, 0.25) is 0 Å². The molecule has 2 N–H and O–H groups in total. The summed E-state index contributed by atoms with van der Waals surface area (Å²) in [5, 5.41) is 12.1. The fraction of sp³-hybridized carbons (Fsp3) is 0.526. The van der Waals surface area contributed by atoms with Gasteiger partial charge in [-0.1, -0.05) is 45.4 Å². The molecule has 1 saturated heterocycles. The van der Waals surface area contributed by atoms with Crippen LogP contribution in [0.1, 0.15) is 37.6 Å². The minimum atomic E-state index is -0.879. The Morgan fingerprint density at radius 2 is 1.88 bits per heavy atom. The van der Waals surface area contributed by atoms with Gasteiger partial charge >= 0.3 is 5.97 Å². The lowest BCUT2D eigenvalue weighted by atomic mass is 9.97. The van der Waals surface area contributed by atoms with E-state index in [0.29, 0.717) is 12.1 Å². The molecule has 0 bridgehead atoms. The van der Waals surface area contributed by atoms with Gasteiger partial charge in [-0.2, -0.15) is 0 Å². The Morgan fingerprint density at radius 1 is 1.24 bits per heavy atom. The molecule has 1 heterocycles. The summed E-state index contributed by atoms with van der Waals surface area (Å²) in [6.07, 6.45) is 0.733. The van der Waals surface area contributed by atoms with Crippen molar-refractivity contribution in [2.24, 2.45) is 17.8 Å². The predicted molar refractivity (Wildman–Crippen MR) is 94.0 cm³/mol. The van der Waals surface area contributed by atoms with E-state index in [2.05, 4.69) is 5.32 Å². The molecule has 1 aliphatic rings. The summed E-state index contributed by atoms with van der Waals surface area (Å²) in [6.45, 7) is 6.33. The Bertz CT molecular complexity index is 632. The molecule has 25 heavy (non-hydrogen) atoms. The van der Waals surface area contributed by atoms with Gasteiger partial charge in [0, 0.05) is 18.7 Å². The van der Waals surface area contributed by atoms with Crippen molar-refractivity contribution in [3.8, 4) is 0 Å². The molecule has 0 aromatic heterocycles. The summed E-state index contributed by atoms with van der Waals surface area (Å²) in [6, 6.07) is 8.12. The van der Waals surface area contributed by atoms with E-state index in [1.54, 1.807) is 29.2 Å². The van der Waals surface area contributed by atoms with Crippen LogP contribution in [0.5, 0.6) is 0 Å². The molecule has 1 fully saturated rings. The highest BCUT2D eigenvalue weighted by atomic mass is 16.4. The van der Waals surface area contributed by atoms with E-state index in [1.165, 1.54) is 0 Å². The van der Waals surface area contributed by atoms with Crippen molar-refractivity contribution in [2.75, 3.05) is 13.1 Å². The average molecular weight is 346 g/mol. The maximum absolute atomic E-state index is 12.9. The Kier molecular flexibility index (Phi) is 6.17.